The summed E-state index contributed by atoms with van der Waals surface area (Å²) in [4.78, 5) is 131. The van der Waals surface area contributed by atoms with Gasteiger partial charge in [-0.2, -0.15) is 0 Å². The van der Waals surface area contributed by atoms with Gasteiger partial charge in [-0.3, -0.25) is 47.9 Å². The van der Waals surface area contributed by atoms with Crippen molar-refractivity contribution in [1.29, 1.82) is 0 Å². The van der Waals surface area contributed by atoms with Crippen LogP contribution in [0.25, 0.3) is 22.5 Å². The fourth-order valence-electron chi connectivity index (χ4n) is 14.0. The number of carboxylic acids is 4. The van der Waals surface area contributed by atoms with E-state index in [0.717, 1.165) is 85.1 Å². The summed E-state index contributed by atoms with van der Waals surface area (Å²) < 4.78 is 87.3. The lowest BCUT2D eigenvalue weighted by Gasteiger charge is -2.28. The first-order valence-corrected chi connectivity index (χ1v) is 46.8. The number of pyridine rings is 2. The molecule has 4 amide bonds. The quantitative estimate of drug-likeness (QED) is 0.0152. The average molecular weight is 1890 g/mol. The molecule has 2 aliphatic rings. The van der Waals surface area contributed by atoms with Gasteiger partial charge in [0.15, 0.2) is 0 Å². The molecule has 2 unspecified atom stereocenters. The highest BCUT2D eigenvalue weighted by molar-refractivity contribution is 5.97. The molecule has 2 saturated heterocycles. The molecular weight excluding hydrogens is 1750 g/mol. The SMILES string of the molecule is [2H]C(C)(C)N(Cc1ccccc1OCCCCCC(=O)O)C(=O)c1ccc(-c2cccc(=O)[nH]2)cc1.[2H]C(C)(C)N(Cc1ccccc1OCCCCCC(=O)O)C(=O)c1ccc(C#CC2CCO2)cc1.[2H]C([2H])(c1ccccc1OCCCCCC(=O)O)N(C(=O)c1ccc(-c2cccc(=O)[nH]2)cc1)C(C)C.[2H]C([2H])(c1ccccc1OCCCCCC(=O)O)N(C(=O)c1ccc(C#CC2CCO2)cc1)C(C)C. The summed E-state index contributed by atoms with van der Waals surface area (Å²) in [5, 5.41) is 35.0. The van der Waals surface area contributed by atoms with Crippen molar-refractivity contribution in [2.45, 2.75) is 233 Å². The molecule has 0 aliphatic carbocycles. The van der Waals surface area contributed by atoms with Gasteiger partial charge in [0.1, 0.15) is 35.2 Å². The van der Waals surface area contributed by atoms with E-state index < -0.39 is 72.8 Å². The molecule has 2 fully saturated rings. The number of H-pyrrole nitrogens is 2. The van der Waals surface area contributed by atoms with Gasteiger partial charge in [0.05, 0.1) is 47.9 Å². The van der Waals surface area contributed by atoms with Gasteiger partial charge < -0.3 is 78.4 Å². The third-order valence-corrected chi connectivity index (χ3v) is 21.9. The molecule has 6 N–H and O–H groups in total. The van der Waals surface area contributed by atoms with Crippen molar-refractivity contribution in [3.8, 4) is 69.2 Å². The van der Waals surface area contributed by atoms with Crippen LogP contribution in [0.5, 0.6) is 23.0 Å². The maximum absolute atomic E-state index is 13.5. The zero-order valence-corrected chi connectivity index (χ0v) is 79.7. The van der Waals surface area contributed by atoms with Gasteiger partial charge >= 0.3 is 23.9 Å². The summed E-state index contributed by atoms with van der Waals surface area (Å²) in [7, 11) is 0. The predicted octanol–water partition coefficient (Wildman–Crippen LogP) is 20.0. The molecule has 4 heterocycles. The number of hydrogen-bond acceptors (Lipinski definition) is 16. The van der Waals surface area contributed by atoms with E-state index in [1.807, 2.05) is 60.7 Å². The fourth-order valence-corrected chi connectivity index (χ4v) is 14.0. The molecule has 0 spiro atoms. The Bertz CT molecular complexity index is 6150. The highest BCUT2D eigenvalue weighted by Gasteiger charge is 2.27. The minimum Gasteiger partial charge on any atom is -0.493 e. The van der Waals surface area contributed by atoms with Crippen molar-refractivity contribution in [3.63, 3.8) is 0 Å². The molecule has 8 aromatic carbocycles. The maximum Gasteiger partial charge on any atom is 0.303 e. The van der Waals surface area contributed by atoms with E-state index in [1.54, 1.807) is 213 Å². The average Bonchev–Trinajstić information content (AvgIpc) is 0.773. The van der Waals surface area contributed by atoms with Crippen molar-refractivity contribution >= 4 is 47.5 Å². The Balaban J connectivity index is 0.000000214. The Morgan fingerprint density at radius 1 is 0.355 bits per heavy atom. The molecule has 2 aromatic heterocycles. The molecule has 0 radical (unpaired) electrons. The third kappa shape index (κ3) is 36.7. The van der Waals surface area contributed by atoms with E-state index in [1.165, 1.54) is 31.7 Å². The monoisotopic (exact) mass is 1880 g/mol. The molecule has 10 aromatic rings. The summed E-state index contributed by atoms with van der Waals surface area (Å²) in [6.45, 7) is 12.9. The first-order chi connectivity index (χ1) is 68.7. The number of carbonyl (C=O) groups excluding carboxylic acids is 4. The molecule has 2 atom stereocenters. The Kier molecular flexibility index (Phi) is 40.9. The summed E-state index contributed by atoms with van der Waals surface area (Å²) in [5.74, 6) is 9.57. The Morgan fingerprint density at radius 3 is 0.884 bits per heavy atom. The second kappa shape index (κ2) is 57.5. The number of rotatable bonds is 46. The zero-order chi connectivity index (χ0) is 105. The second-order valence-corrected chi connectivity index (χ2v) is 33.9. The summed E-state index contributed by atoms with van der Waals surface area (Å²) >= 11 is 0. The number of hydrogen-bond donors (Lipinski definition) is 6. The fraction of sp³-hybridized carbons (Fsp3) is 0.375. The van der Waals surface area contributed by atoms with Crippen molar-refractivity contribution in [2.75, 3.05) is 39.6 Å². The number of nitrogens with zero attached hydrogens (tertiary/aromatic N) is 4. The topological polar surface area (TPSA) is 352 Å². The molecular formula is C112H130N6O20. The lowest BCUT2D eigenvalue weighted by molar-refractivity contribution is -0.138. The number of aliphatic carboxylic acids is 4. The van der Waals surface area contributed by atoms with Crippen LogP contribution in [-0.4, -0.2) is 173 Å². The van der Waals surface area contributed by atoms with Crippen LogP contribution in [0.15, 0.2) is 240 Å². The van der Waals surface area contributed by atoms with Crippen molar-refractivity contribution in [2.24, 2.45) is 0 Å². The number of carbonyl (C=O) groups is 8. The summed E-state index contributed by atoms with van der Waals surface area (Å²) in [6, 6.07) is 62.5. The highest BCUT2D eigenvalue weighted by Crippen LogP contribution is 2.30. The van der Waals surface area contributed by atoms with Gasteiger partial charge in [-0.05, 0) is 253 Å². The van der Waals surface area contributed by atoms with Crippen LogP contribution in [0.4, 0.5) is 0 Å². The number of amides is 4. The number of unbranched alkanes of at least 4 members (excludes halogenated alkanes) is 8. The van der Waals surface area contributed by atoms with Crippen LogP contribution >= 0.6 is 0 Å². The summed E-state index contributed by atoms with van der Waals surface area (Å²) in [5.41, 5.74) is 7.68. The van der Waals surface area contributed by atoms with Crippen LogP contribution in [0.2, 0.25) is 0 Å². The van der Waals surface area contributed by atoms with Crippen LogP contribution in [0.3, 0.4) is 0 Å². The maximum atomic E-state index is 13.5. The lowest BCUT2D eigenvalue weighted by Crippen LogP contribution is -2.36. The molecule has 26 heteroatoms. The zero-order valence-electron chi connectivity index (χ0n) is 85.7. The third-order valence-electron chi connectivity index (χ3n) is 21.9. The van der Waals surface area contributed by atoms with Crippen LogP contribution in [0.1, 0.15) is 254 Å². The largest absolute Gasteiger partial charge is 0.493 e. The summed E-state index contributed by atoms with van der Waals surface area (Å²) in [6.07, 6.45) is 10.4. The number of para-hydroxylation sites is 4. The lowest BCUT2D eigenvalue weighted by atomic mass is 10.1. The minimum absolute atomic E-state index is 0.00272. The molecule has 0 saturated carbocycles. The van der Waals surface area contributed by atoms with Crippen LogP contribution < -0.4 is 30.1 Å². The van der Waals surface area contributed by atoms with E-state index in [4.69, 9.17) is 57.1 Å². The second-order valence-electron chi connectivity index (χ2n) is 33.9. The van der Waals surface area contributed by atoms with E-state index >= 15 is 0 Å². The van der Waals surface area contributed by atoms with E-state index in [0.29, 0.717) is 134 Å². The number of benzene rings is 8. The van der Waals surface area contributed by atoms with E-state index in [9.17, 15) is 47.9 Å². The van der Waals surface area contributed by atoms with Gasteiger partial charge in [0.25, 0.3) is 23.6 Å². The van der Waals surface area contributed by atoms with Gasteiger partial charge in [0, 0.05) is 168 Å². The Morgan fingerprint density at radius 2 is 0.623 bits per heavy atom. The number of aromatic nitrogens is 2. The first-order valence-electron chi connectivity index (χ1n) is 49.8. The van der Waals surface area contributed by atoms with E-state index in [-0.39, 0.29) is 85.0 Å². The standard InChI is InChI=1S/2C28H32N2O5.2C28H33NO5/c2*1-20(2)30(19-23-9-5-6-11-25(23)35-18-7-3-4-13-27(32)33)28(34)22-16-14-21(15-17-22)24-10-8-12-26(31)29-24;2*1-21(2)29(28(32)23-14-11-22(12-15-23)13-16-25-17-19-33-25)20-24-8-5-6-9-26(24)34-18-7-3-4-10-27(30)31/h2*5-6,8-12,14-17,20H,3-4,7,13,18-19H2,1-2H3,(H,29,31)(H,32,33);2*5-6,8-9,11-12,14-15,21,25H,3-4,7,10,17-20H2,1-2H3,(H,30,31)/i20D;19D2;21D;20D2. The number of carboxylic acid groups (broad SMARTS) is 4. The van der Waals surface area contributed by atoms with Crippen LogP contribution in [0, 0.1) is 23.7 Å². The number of ether oxygens (including phenoxy) is 6. The molecule has 2 aliphatic heterocycles. The van der Waals surface area contributed by atoms with Gasteiger partial charge in [0.2, 0.25) is 11.1 Å². The van der Waals surface area contributed by atoms with Gasteiger partial charge in [-0.1, -0.05) is 133 Å². The van der Waals surface area contributed by atoms with Crippen molar-refractivity contribution in [3.05, 3.63) is 307 Å². The van der Waals surface area contributed by atoms with Crippen molar-refractivity contribution in [1.82, 2.24) is 29.6 Å². The molecule has 26 nitrogen and oxygen atoms in total. The smallest absolute Gasteiger partial charge is 0.303 e. The molecule has 728 valence electrons. The van der Waals surface area contributed by atoms with Gasteiger partial charge in [-0.25, -0.2) is 0 Å². The van der Waals surface area contributed by atoms with E-state index in [2.05, 4.69) is 33.6 Å². The van der Waals surface area contributed by atoms with Crippen LogP contribution in [-0.2, 0) is 54.7 Å². The molecule has 0 bridgehead atoms. The highest BCUT2D eigenvalue weighted by atomic mass is 16.5. The number of aromatic amines is 2. The predicted molar refractivity (Wildman–Crippen MR) is 533 cm³/mol. The first kappa shape index (κ1) is 98.2. The number of nitrogens with one attached hydrogen (secondary N) is 2. The minimum atomic E-state index is -2.17. The molecule has 12 rings (SSSR count). The normalized spacial score (nSPS) is 13.7. The Hall–Kier alpha value is -14.3. The van der Waals surface area contributed by atoms with Crippen molar-refractivity contribution < 1.29 is 95.4 Å². The Labute approximate surface area is 817 Å². The molecule has 138 heavy (non-hydrogen) atoms. The van der Waals surface area contributed by atoms with Gasteiger partial charge in [-0.15, -0.1) is 0 Å².